The third-order valence-corrected chi connectivity index (χ3v) is 8.36. The maximum atomic E-state index is 14.2. The number of alkyl carbamates (subject to hydrolysis) is 1. The van der Waals surface area contributed by atoms with Crippen LogP contribution < -0.4 is 5.32 Å². The minimum Gasteiger partial charge on any atom is -0.461 e. The van der Waals surface area contributed by atoms with Gasteiger partial charge in [0.1, 0.15) is 17.6 Å². The van der Waals surface area contributed by atoms with E-state index in [2.05, 4.69) is 11.9 Å². The second-order valence-electron chi connectivity index (χ2n) is 10.6. The number of aryl methyl sites for hydroxylation is 1. The largest absolute Gasteiger partial charge is 0.461 e. The number of ketones is 1. The molecule has 0 spiro atoms. The van der Waals surface area contributed by atoms with E-state index in [0.29, 0.717) is 10.9 Å². The summed E-state index contributed by atoms with van der Waals surface area (Å²) in [7, 11) is -4.08. The van der Waals surface area contributed by atoms with Crippen LogP contribution in [0.3, 0.4) is 0 Å². The van der Waals surface area contributed by atoms with Crippen molar-refractivity contribution in [3.05, 3.63) is 78.0 Å². The van der Waals surface area contributed by atoms with Gasteiger partial charge >= 0.3 is 12.1 Å². The van der Waals surface area contributed by atoms with Gasteiger partial charge in [-0.25, -0.2) is 17.2 Å². The average molecular weight is 553 g/mol. The number of nitrogens with zero attached hydrogens (tertiary/aromatic N) is 1. The lowest BCUT2D eigenvalue weighted by atomic mass is 9.71. The van der Waals surface area contributed by atoms with Crippen LogP contribution in [0.25, 0.3) is 10.9 Å². The van der Waals surface area contributed by atoms with Crippen molar-refractivity contribution in [1.82, 2.24) is 9.29 Å². The number of fused-ring (bicyclic) bond motifs is 3. The van der Waals surface area contributed by atoms with E-state index < -0.39 is 38.9 Å². The van der Waals surface area contributed by atoms with E-state index in [1.54, 1.807) is 57.2 Å². The highest BCUT2D eigenvalue weighted by Gasteiger charge is 2.52. The lowest BCUT2D eigenvalue weighted by molar-refractivity contribution is -0.151. The number of aromatic nitrogens is 1. The Morgan fingerprint density at radius 3 is 2.44 bits per heavy atom. The molecule has 0 aliphatic heterocycles. The molecule has 0 saturated heterocycles. The van der Waals surface area contributed by atoms with Crippen molar-refractivity contribution in [2.75, 3.05) is 13.2 Å². The quantitative estimate of drug-likeness (QED) is 0.259. The molecule has 10 heteroatoms. The second kappa shape index (κ2) is 10.3. The van der Waals surface area contributed by atoms with Crippen molar-refractivity contribution in [3.8, 4) is 0 Å². The minimum atomic E-state index is -4.08. The molecule has 1 aliphatic rings. The molecule has 1 heterocycles. The molecule has 39 heavy (non-hydrogen) atoms. The first-order chi connectivity index (χ1) is 18.3. The molecule has 1 aromatic heterocycles. The number of amides is 1. The Morgan fingerprint density at radius 2 is 1.79 bits per heavy atom. The van der Waals surface area contributed by atoms with E-state index >= 15 is 0 Å². The number of hydrogen-bond acceptors (Lipinski definition) is 7. The fourth-order valence-electron chi connectivity index (χ4n) is 4.76. The number of hydrogen-bond donors (Lipinski definition) is 1. The Kier molecular flexibility index (Phi) is 7.44. The highest BCUT2D eigenvalue weighted by molar-refractivity contribution is 7.90. The summed E-state index contributed by atoms with van der Waals surface area (Å²) < 4.78 is 39.5. The van der Waals surface area contributed by atoms with E-state index in [9.17, 15) is 22.8 Å². The number of esters is 1. The van der Waals surface area contributed by atoms with Crippen molar-refractivity contribution in [1.29, 1.82) is 0 Å². The van der Waals surface area contributed by atoms with Crippen molar-refractivity contribution in [2.45, 2.75) is 51.0 Å². The molecule has 1 atom stereocenters. The minimum absolute atomic E-state index is 0.0695. The summed E-state index contributed by atoms with van der Waals surface area (Å²) in [4.78, 5) is 40.2. The molecule has 206 valence electrons. The van der Waals surface area contributed by atoms with E-state index in [1.807, 2.05) is 6.92 Å². The lowest BCUT2D eigenvalue weighted by Crippen LogP contribution is -2.52. The Bertz CT molecular complexity index is 1560. The van der Waals surface area contributed by atoms with Gasteiger partial charge in [0.2, 0.25) is 0 Å². The average Bonchev–Trinajstić information content (AvgIpc) is 3.22. The highest BCUT2D eigenvalue weighted by atomic mass is 32.2. The SMILES string of the molecule is C=CCOC(=O)C1(CNC(=O)OC(C)(C)C)CCc2c(c3ccccc3n2S(=O)(=O)c2ccc(C)cc2)C1=O. The Balaban J connectivity index is 1.85. The third kappa shape index (κ3) is 5.21. The molecule has 0 fully saturated rings. The number of Topliss-reactive ketones (excluding diaryl/α,β-unsaturated/α-hetero) is 1. The number of ether oxygens (including phenoxy) is 2. The number of nitrogens with one attached hydrogen (secondary N) is 1. The number of para-hydroxylation sites is 1. The molecule has 0 radical (unpaired) electrons. The van der Waals surface area contributed by atoms with Crippen LogP contribution in [0.2, 0.25) is 0 Å². The molecule has 1 N–H and O–H groups in total. The number of benzene rings is 2. The van der Waals surface area contributed by atoms with Gasteiger partial charge in [0.05, 0.1) is 10.4 Å². The van der Waals surface area contributed by atoms with Crippen LogP contribution >= 0.6 is 0 Å². The molecule has 1 unspecified atom stereocenters. The van der Waals surface area contributed by atoms with Gasteiger partial charge < -0.3 is 14.8 Å². The van der Waals surface area contributed by atoms with Crippen LogP contribution in [0.1, 0.15) is 48.8 Å². The molecular weight excluding hydrogens is 520 g/mol. The normalized spacial score (nSPS) is 17.4. The fraction of sp³-hybridized carbons (Fsp3) is 0.345. The van der Waals surface area contributed by atoms with Gasteiger partial charge in [0.25, 0.3) is 10.0 Å². The van der Waals surface area contributed by atoms with Crippen LogP contribution in [0.15, 0.2) is 66.1 Å². The summed E-state index contributed by atoms with van der Waals surface area (Å²) in [6.07, 6.45) is 0.581. The van der Waals surface area contributed by atoms with Crippen molar-refractivity contribution < 1.29 is 32.3 Å². The summed E-state index contributed by atoms with van der Waals surface area (Å²) in [5.74, 6) is -1.45. The second-order valence-corrected chi connectivity index (χ2v) is 12.4. The summed E-state index contributed by atoms with van der Waals surface area (Å²) in [6, 6.07) is 13.1. The molecular formula is C29H32N2O7S. The fourth-order valence-corrected chi connectivity index (χ4v) is 6.35. The Hall–Kier alpha value is -3.92. The topological polar surface area (TPSA) is 121 Å². The zero-order chi connectivity index (χ0) is 28.6. The zero-order valence-corrected chi connectivity index (χ0v) is 23.3. The molecule has 0 bridgehead atoms. The van der Waals surface area contributed by atoms with E-state index in [4.69, 9.17) is 9.47 Å². The summed E-state index contributed by atoms with van der Waals surface area (Å²) in [6.45, 7) is 10.00. The van der Waals surface area contributed by atoms with E-state index in [1.165, 1.54) is 22.2 Å². The van der Waals surface area contributed by atoms with Gasteiger partial charge in [-0.2, -0.15) is 0 Å². The molecule has 3 aromatic rings. The van der Waals surface area contributed by atoms with Gasteiger partial charge in [0, 0.05) is 23.2 Å². The predicted molar refractivity (Wildman–Crippen MR) is 146 cm³/mol. The van der Waals surface area contributed by atoms with Crippen molar-refractivity contribution in [3.63, 3.8) is 0 Å². The summed E-state index contributed by atoms with van der Waals surface area (Å²) in [5.41, 5.74) is -0.937. The zero-order valence-electron chi connectivity index (χ0n) is 22.4. The van der Waals surface area contributed by atoms with Crippen molar-refractivity contribution in [2.24, 2.45) is 5.41 Å². The lowest BCUT2D eigenvalue weighted by Gasteiger charge is -2.34. The molecule has 1 aliphatic carbocycles. The van der Waals surface area contributed by atoms with Gasteiger partial charge in [-0.3, -0.25) is 9.59 Å². The molecule has 4 rings (SSSR count). The van der Waals surface area contributed by atoms with Crippen LogP contribution in [-0.2, 0) is 30.7 Å². The Labute approximate surface area is 227 Å². The van der Waals surface area contributed by atoms with Crippen LogP contribution in [0.4, 0.5) is 4.79 Å². The first-order valence-electron chi connectivity index (χ1n) is 12.6. The monoisotopic (exact) mass is 552 g/mol. The number of carbonyl (C=O) groups is 3. The van der Waals surface area contributed by atoms with Gasteiger partial charge in [-0.15, -0.1) is 0 Å². The van der Waals surface area contributed by atoms with Gasteiger partial charge in [0.15, 0.2) is 5.78 Å². The first-order valence-corrected chi connectivity index (χ1v) is 14.0. The number of rotatable bonds is 7. The Morgan fingerprint density at radius 1 is 1.13 bits per heavy atom. The van der Waals surface area contributed by atoms with Crippen LogP contribution in [0, 0.1) is 12.3 Å². The van der Waals surface area contributed by atoms with Crippen molar-refractivity contribution >= 4 is 38.8 Å². The highest BCUT2D eigenvalue weighted by Crippen LogP contribution is 2.42. The maximum absolute atomic E-state index is 14.2. The maximum Gasteiger partial charge on any atom is 0.407 e. The summed E-state index contributed by atoms with van der Waals surface area (Å²) >= 11 is 0. The first kappa shape index (κ1) is 28.1. The third-order valence-electron chi connectivity index (χ3n) is 6.59. The standard InChI is InChI=1S/C29H32N2O7S/c1-6-17-37-26(33)29(18-30-27(34)38-28(3,4)5)16-15-23-24(25(29)32)21-9-7-8-10-22(21)31(23)39(35,36)20-13-11-19(2)12-14-20/h6-14H,1,15-18H2,2-5H3,(H,30,34). The van der Waals surface area contributed by atoms with Gasteiger partial charge in [-0.1, -0.05) is 48.6 Å². The van der Waals surface area contributed by atoms with Gasteiger partial charge in [-0.05, 0) is 58.7 Å². The molecule has 2 aromatic carbocycles. The van der Waals surface area contributed by atoms with Crippen LogP contribution in [-0.4, -0.2) is 49.0 Å². The predicted octanol–water partition coefficient (Wildman–Crippen LogP) is 4.56. The number of carbonyl (C=O) groups excluding carboxylic acids is 3. The smallest absolute Gasteiger partial charge is 0.407 e. The van der Waals surface area contributed by atoms with Crippen LogP contribution in [0.5, 0.6) is 0 Å². The van der Waals surface area contributed by atoms with E-state index in [0.717, 1.165) is 5.56 Å². The molecule has 9 nitrogen and oxygen atoms in total. The van der Waals surface area contributed by atoms with E-state index in [-0.39, 0.29) is 42.1 Å². The molecule has 1 amide bonds. The summed E-state index contributed by atoms with van der Waals surface area (Å²) in [5, 5.41) is 2.95. The molecule has 0 saturated carbocycles.